The largest absolute Gasteiger partial charge is 0.587 e. The molecule has 6 heteroatoms. The van der Waals surface area contributed by atoms with Gasteiger partial charge in [0.15, 0.2) is 10.6 Å². The molecule has 1 unspecified atom stereocenters. The first kappa shape index (κ1) is 15.9. The van der Waals surface area contributed by atoms with Gasteiger partial charge in [-0.15, -0.1) is 0 Å². The van der Waals surface area contributed by atoms with Gasteiger partial charge >= 0.3 is 5.97 Å². The van der Waals surface area contributed by atoms with E-state index in [-0.39, 0.29) is 12.3 Å². The second kappa shape index (κ2) is 6.66. The molecule has 0 saturated carbocycles. The third-order valence-electron chi connectivity index (χ3n) is 3.31. The molecule has 0 aliphatic carbocycles. The Morgan fingerprint density at radius 1 is 1.22 bits per heavy atom. The summed E-state index contributed by atoms with van der Waals surface area (Å²) in [5, 5.41) is 1.29. The van der Waals surface area contributed by atoms with Gasteiger partial charge in [0.2, 0.25) is 0 Å². The smallest absolute Gasteiger partial charge is 0.359 e. The molecule has 118 valence electrons. The van der Waals surface area contributed by atoms with Gasteiger partial charge in [-0.3, -0.25) is 0 Å². The molecule has 0 aliphatic heterocycles. The normalized spacial score (nSPS) is 12.3. The van der Waals surface area contributed by atoms with Crippen molar-refractivity contribution in [3.05, 3.63) is 65.3 Å². The Balaban J connectivity index is 2.20. The number of rotatable bonds is 4. The van der Waals surface area contributed by atoms with Gasteiger partial charge in [-0.25, -0.2) is 4.79 Å². The number of hydrogen-bond donors (Lipinski definition) is 0. The summed E-state index contributed by atoms with van der Waals surface area (Å²) < 4.78 is 19.5. The first-order valence-electron chi connectivity index (χ1n) is 7.07. The average Bonchev–Trinajstić information content (AvgIpc) is 2.93. The van der Waals surface area contributed by atoms with Crippen molar-refractivity contribution in [2.45, 2.75) is 11.8 Å². The Bertz CT molecular complexity index is 848. The Morgan fingerprint density at radius 3 is 2.65 bits per heavy atom. The fraction of sp³-hybridized carbons (Fsp3) is 0.118. The third-order valence-corrected chi connectivity index (χ3v) is 4.95. The Labute approximate surface area is 141 Å². The molecule has 4 nitrogen and oxygen atoms in total. The summed E-state index contributed by atoms with van der Waals surface area (Å²) >= 11 is 4.46. The van der Waals surface area contributed by atoms with Crippen LogP contribution in [0.25, 0.3) is 10.9 Å². The molecule has 23 heavy (non-hydrogen) atoms. The highest BCUT2D eigenvalue weighted by atomic mass is 35.5. The van der Waals surface area contributed by atoms with E-state index < -0.39 is 17.3 Å². The lowest BCUT2D eigenvalue weighted by Crippen LogP contribution is -2.19. The summed E-state index contributed by atoms with van der Waals surface area (Å²) in [5.74, 6) is -0.510. The highest BCUT2D eigenvalue weighted by Crippen LogP contribution is 2.28. The SMILES string of the molecule is CCOC(=O)c1cc2cc(Cl)ccc2n1[S+]([O-])c1ccccc1. The van der Waals surface area contributed by atoms with Crippen LogP contribution < -0.4 is 0 Å². The maximum atomic E-state index is 13.0. The number of ether oxygens (including phenoxy) is 1. The number of hydrogen-bond acceptors (Lipinski definition) is 3. The molecular formula is C17H14ClNO3S. The maximum Gasteiger partial charge on any atom is 0.359 e. The number of halogens is 1. The summed E-state index contributed by atoms with van der Waals surface area (Å²) in [5.41, 5.74) is 0.908. The van der Waals surface area contributed by atoms with Gasteiger partial charge in [-0.1, -0.05) is 29.8 Å². The van der Waals surface area contributed by atoms with Crippen LogP contribution in [0.3, 0.4) is 0 Å². The molecule has 0 amide bonds. The molecule has 2 aromatic carbocycles. The molecule has 1 heterocycles. The monoisotopic (exact) mass is 347 g/mol. The van der Waals surface area contributed by atoms with E-state index in [0.29, 0.717) is 15.4 Å². The van der Waals surface area contributed by atoms with E-state index in [2.05, 4.69) is 0 Å². The van der Waals surface area contributed by atoms with E-state index in [1.54, 1.807) is 55.5 Å². The number of esters is 1. The maximum absolute atomic E-state index is 13.0. The van der Waals surface area contributed by atoms with Crippen molar-refractivity contribution in [2.24, 2.45) is 0 Å². The van der Waals surface area contributed by atoms with Gasteiger partial charge in [-0.05, 0) is 43.3 Å². The molecule has 0 fully saturated rings. The van der Waals surface area contributed by atoms with Crippen molar-refractivity contribution in [1.29, 1.82) is 0 Å². The molecule has 0 saturated heterocycles. The minimum atomic E-state index is -1.56. The van der Waals surface area contributed by atoms with E-state index in [4.69, 9.17) is 16.3 Å². The molecule has 0 radical (unpaired) electrons. The molecule has 3 aromatic rings. The number of aromatic nitrogens is 1. The van der Waals surface area contributed by atoms with Crippen LogP contribution in [0.5, 0.6) is 0 Å². The Kier molecular flexibility index (Phi) is 4.61. The molecule has 1 aromatic heterocycles. The fourth-order valence-corrected chi connectivity index (χ4v) is 3.76. The molecule has 0 N–H and O–H groups in total. The predicted molar refractivity (Wildman–Crippen MR) is 91.2 cm³/mol. The molecule has 0 aliphatic rings. The first-order chi connectivity index (χ1) is 11.1. The number of carbonyl (C=O) groups is 1. The summed E-state index contributed by atoms with van der Waals surface area (Å²) in [6, 6.07) is 15.8. The van der Waals surface area contributed by atoms with Gasteiger partial charge < -0.3 is 9.29 Å². The summed E-state index contributed by atoms with van der Waals surface area (Å²) in [4.78, 5) is 12.8. The van der Waals surface area contributed by atoms with Crippen molar-refractivity contribution in [2.75, 3.05) is 6.61 Å². The standard InChI is InChI=1S/C17H14ClNO3S/c1-2-22-17(20)16-11-12-10-13(18)8-9-15(12)19(16)23(21)14-6-4-3-5-7-14/h3-11H,2H2,1H3. The third kappa shape index (κ3) is 3.08. The number of fused-ring (bicyclic) bond motifs is 1. The molecule has 1 atom stereocenters. The topological polar surface area (TPSA) is 54.3 Å². The number of nitrogens with zero attached hydrogens (tertiary/aromatic N) is 1. The van der Waals surface area contributed by atoms with Crippen molar-refractivity contribution >= 4 is 39.8 Å². The zero-order chi connectivity index (χ0) is 16.4. The Morgan fingerprint density at radius 2 is 1.96 bits per heavy atom. The molecule has 3 rings (SSSR count). The van der Waals surface area contributed by atoms with Crippen LogP contribution in [0.1, 0.15) is 17.4 Å². The predicted octanol–water partition coefficient (Wildman–Crippen LogP) is 4.04. The zero-order valence-electron chi connectivity index (χ0n) is 12.4. The van der Waals surface area contributed by atoms with Gasteiger partial charge in [-0.2, -0.15) is 3.97 Å². The van der Waals surface area contributed by atoms with Crippen LogP contribution >= 0.6 is 11.6 Å². The van der Waals surface area contributed by atoms with Crippen LogP contribution in [-0.2, 0) is 16.1 Å². The first-order valence-corrected chi connectivity index (χ1v) is 8.55. The molecule has 0 spiro atoms. The second-order valence-corrected chi connectivity index (χ2v) is 6.58. The van der Waals surface area contributed by atoms with Crippen molar-refractivity contribution in [3.63, 3.8) is 0 Å². The van der Waals surface area contributed by atoms with Crippen LogP contribution in [-0.4, -0.2) is 21.1 Å². The van der Waals surface area contributed by atoms with E-state index >= 15 is 0 Å². The summed E-state index contributed by atoms with van der Waals surface area (Å²) in [6.07, 6.45) is 0. The van der Waals surface area contributed by atoms with Crippen molar-refractivity contribution in [3.8, 4) is 0 Å². The Hall–Kier alpha value is -1.95. The van der Waals surface area contributed by atoms with E-state index in [0.717, 1.165) is 5.39 Å². The van der Waals surface area contributed by atoms with Gasteiger partial charge in [0.1, 0.15) is 11.4 Å². The van der Waals surface area contributed by atoms with Crippen LogP contribution in [0.2, 0.25) is 5.02 Å². The molecule has 0 bridgehead atoms. The van der Waals surface area contributed by atoms with Gasteiger partial charge in [0.25, 0.3) is 0 Å². The van der Waals surface area contributed by atoms with E-state index in [9.17, 15) is 9.35 Å². The van der Waals surface area contributed by atoms with Crippen molar-refractivity contribution < 1.29 is 14.1 Å². The lowest BCUT2D eigenvalue weighted by molar-refractivity contribution is 0.0518. The van der Waals surface area contributed by atoms with Crippen LogP contribution in [0, 0.1) is 0 Å². The van der Waals surface area contributed by atoms with Gasteiger partial charge in [0.05, 0.1) is 12.1 Å². The lowest BCUT2D eigenvalue weighted by Gasteiger charge is -2.14. The van der Waals surface area contributed by atoms with Crippen LogP contribution in [0.15, 0.2) is 59.5 Å². The minimum absolute atomic E-state index is 0.242. The minimum Gasteiger partial charge on any atom is -0.587 e. The fourth-order valence-electron chi connectivity index (χ4n) is 2.33. The lowest BCUT2D eigenvalue weighted by atomic mass is 10.2. The quantitative estimate of drug-likeness (QED) is 0.528. The zero-order valence-corrected chi connectivity index (χ0v) is 13.9. The average molecular weight is 348 g/mol. The second-order valence-electron chi connectivity index (χ2n) is 4.81. The summed E-state index contributed by atoms with van der Waals surface area (Å²) in [7, 11) is 0. The number of carbonyl (C=O) groups excluding carboxylic acids is 1. The molecular weight excluding hydrogens is 334 g/mol. The van der Waals surface area contributed by atoms with Crippen molar-refractivity contribution in [1.82, 2.24) is 3.97 Å². The van der Waals surface area contributed by atoms with E-state index in [1.807, 2.05) is 6.07 Å². The number of benzene rings is 2. The van der Waals surface area contributed by atoms with Crippen LogP contribution in [0.4, 0.5) is 0 Å². The highest BCUT2D eigenvalue weighted by Gasteiger charge is 2.26. The highest BCUT2D eigenvalue weighted by molar-refractivity contribution is 7.90. The van der Waals surface area contributed by atoms with Gasteiger partial charge in [0, 0.05) is 10.4 Å². The summed E-state index contributed by atoms with van der Waals surface area (Å²) in [6.45, 7) is 1.98. The van der Waals surface area contributed by atoms with E-state index in [1.165, 1.54) is 3.97 Å².